The van der Waals surface area contributed by atoms with Crippen LogP contribution in [0.15, 0.2) is 0 Å². The topological polar surface area (TPSA) is 76.1 Å². The first-order valence-corrected chi connectivity index (χ1v) is 6.00. The SMILES string of the molecule is CC(O)CS(=O)(=O)ON1CCOCC1. The number of hydroxylamine groups is 2. The molecule has 0 radical (unpaired) electrons. The van der Waals surface area contributed by atoms with E-state index in [0.717, 1.165) is 0 Å². The van der Waals surface area contributed by atoms with Crippen molar-refractivity contribution in [2.24, 2.45) is 0 Å². The van der Waals surface area contributed by atoms with E-state index in [4.69, 9.17) is 14.1 Å². The van der Waals surface area contributed by atoms with Crippen LogP contribution in [0.1, 0.15) is 6.92 Å². The van der Waals surface area contributed by atoms with Crippen LogP contribution in [0.5, 0.6) is 0 Å². The first-order valence-electron chi connectivity index (χ1n) is 4.42. The maximum atomic E-state index is 11.2. The third-order valence-corrected chi connectivity index (χ3v) is 2.96. The van der Waals surface area contributed by atoms with Gasteiger partial charge in [-0.2, -0.15) is 17.8 Å². The van der Waals surface area contributed by atoms with Crippen LogP contribution in [0.2, 0.25) is 0 Å². The number of aliphatic hydroxyl groups excluding tert-OH is 1. The molecule has 84 valence electrons. The Morgan fingerprint density at radius 1 is 1.50 bits per heavy atom. The van der Waals surface area contributed by atoms with Crippen LogP contribution in [0.3, 0.4) is 0 Å². The molecule has 0 spiro atoms. The molecule has 0 aromatic heterocycles. The summed E-state index contributed by atoms with van der Waals surface area (Å²) in [4.78, 5) is 0. The van der Waals surface area contributed by atoms with Gasteiger partial charge in [-0.1, -0.05) is 0 Å². The van der Waals surface area contributed by atoms with Crippen molar-refractivity contribution < 1.29 is 22.5 Å². The lowest BCUT2D eigenvalue weighted by atomic mass is 10.5. The summed E-state index contributed by atoms with van der Waals surface area (Å²) in [5.74, 6) is -0.385. The first-order chi connectivity index (χ1) is 6.49. The van der Waals surface area contributed by atoms with E-state index >= 15 is 0 Å². The van der Waals surface area contributed by atoms with Crippen LogP contribution < -0.4 is 0 Å². The third-order valence-electron chi connectivity index (χ3n) is 1.63. The van der Waals surface area contributed by atoms with Crippen molar-refractivity contribution in [3.8, 4) is 0 Å². The first kappa shape index (κ1) is 11.9. The van der Waals surface area contributed by atoms with Gasteiger partial charge in [0.05, 0.1) is 19.3 Å². The van der Waals surface area contributed by atoms with Crippen molar-refractivity contribution in [3.63, 3.8) is 0 Å². The molecule has 7 heteroatoms. The molecule has 1 aliphatic heterocycles. The second-order valence-corrected chi connectivity index (χ2v) is 4.79. The van der Waals surface area contributed by atoms with Crippen molar-refractivity contribution in [1.29, 1.82) is 0 Å². The van der Waals surface area contributed by atoms with Crippen molar-refractivity contribution >= 4 is 10.1 Å². The predicted molar refractivity (Wildman–Crippen MR) is 48.9 cm³/mol. The molecule has 1 fully saturated rings. The Balaban J connectivity index is 2.41. The van der Waals surface area contributed by atoms with Crippen LogP contribution >= 0.6 is 0 Å². The minimum absolute atomic E-state index is 0.385. The van der Waals surface area contributed by atoms with E-state index in [9.17, 15) is 8.42 Å². The highest BCUT2D eigenvalue weighted by atomic mass is 32.2. The summed E-state index contributed by atoms with van der Waals surface area (Å²) >= 11 is 0. The zero-order valence-corrected chi connectivity index (χ0v) is 8.87. The fourth-order valence-corrected chi connectivity index (χ4v) is 2.23. The Kier molecular flexibility index (Phi) is 4.27. The molecular formula is C7H15NO5S. The van der Waals surface area contributed by atoms with E-state index < -0.39 is 16.2 Å². The molecule has 1 N–H and O–H groups in total. The molecule has 1 atom stereocenters. The molecule has 1 saturated heterocycles. The van der Waals surface area contributed by atoms with Gasteiger partial charge < -0.3 is 9.84 Å². The normalized spacial score (nSPS) is 22.1. The van der Waals surface area contributed by atoms with E-state index in [1.165, 1.54) is 12.0 Å². The molecule has 0 aliphatic carbocycles. The van der Waals surface area contributed by atoms with Gasteiger partial charge in [-0.15, -0.1) is 0 Å². The van der Waals surface area contributed by atoms with Gasteiger partial charge in [0.15, 0.2) is 0 Å². The molecule has 14 heavy (non-hydrogen) atoms. The molecule has 6 nitrogen and oxygen atoms in total. The van der Waals surface area contributed by atoms with E-state index in [2.05, 4.69) is 0 Å². The monoisotopic (exact) mass is 225 g/mol. The van der Waals surface area contributed by atoms with Gasteiger partial charge in [0.1, 0.15) is 5.75 Å². The molecule has 0 saturated carbocycles. The van der Waals surface area contributed by atoms with E-state index in [-0.39, 0.29) is 5.75 Å². The summed E-state index contributed by atoms with van der Waals surface area (Å²) in [7, 11) is -3.66. The van der Waals surface area contributed by atoms with E-state index in [1.54, 1.807) is 0 Å². The quantitative estimate of drug-likeness (QED) is 0.658. The molecule has 0 aromatic carbocycles. The number of hydrogen-bond acceptors (Lipinski definition) is 6. The van der Waals surface area contributed by atoms with Gasteiger partial charge in [0.2, 0.25) is 0 Å². The molecule has 1 heterocycles. The van der Waals surface area contributed by atoms with Gasteiger partial charge in [0, 0.05) is 13.1 Å². The number of aliphatic hydroxyl groups is 1. The standard InChI is InChI=1S/C7H15NO5S/c1-7(9)6-14(10,11)13-8-2-4-12-5-3-8/h7,9H,2-6H2,1H3. The number of morpholine rings is 1. The van der Waals surface area contributed by atoms with Crippen LogP contribution in [0, 0.1) is 0 Å². The lowest BCUT2D eigenvalue weighted by Crippen LogP contribution is -2.39. The van der Waals surface area contributed by atoms with E-state index in [0.29, 0.717) is 26.3 Å². The Hall–Kier alpha value is -0.210. The van der Waals surface area contributed by atoms with Crippen molar-refractivity contribution in [3.05, 3.63) is 0 Å². The lowest BCUT2D eigenvalue weighted by Gasteiger charge is -2.24. The molecule has 1 unspecified atom stereocenters. The summed E-state index contributed by atoms with van der Waals surface area (Å²) in [6.07, 6.45) is -0.916. The Labute approximate surface area is 83.5 Å². The maximum Gasteiger partial charge on any atom is 0.285 e. The zero-order chi connectivity index (χ0) is 10.6. The summed E-state index contributed by atoms with van der Waals surface area (Å²) in [5.41, 5.74) is 0. The molecule has 0 amide bonds. The Bertz CT molecular complexity index is 257. The van der Waals surface area contributed by atoms with Crippen molar-refractivity contribution in [1.82, 2.24) is 5.06 Å². The number of nitrogens with zero attached hydrogens (tertiary/aromatic N) is 1. The lowest BCUT2D eigenvalue weighted by molar-refractivity contribution is -0.113. The number of hydrogen-bond donors (Lipinski definition) is 1. The highest BCUT2D eigenvalue weighted by Gasteiger charge is 2.21. The highest BCUT2D eigenvalue weighted by molar-refractivity contribution is 7.86. The largest absolute Gasteiger partial charge is 0.392 e. The minimum Gasteiger partial charge on any atom is -0.392 e. The van der Waals surface area contributed by atoms with Gasteiger partial charge >= 0.3 is 0 Å². The minimum atomic E-state index is -3.66. The number of ether oxygens (including phenoxy) is 1. The van der Waals surface area contributed by atoms with Crippen LogP contribution in [-0.2, 0) is 19.1 Å². The van der Waals surface area contributed by atoms with Gasteiger partial charge in [-0.3, -0.25) is 0 Å². The molecule has 0 bridgehead atoms. The van der Waals surface area contributed by atoms with Crippen LogP contribution in [-0.4, -0.2) is 56.7 Å². The maximum absolute atomic E-state index is 11.2. The van der Waals surface area contributed by atoms with Gasteiger partial charge in [-0.05, 0) is 6.92 Å². The van der Waals surface area contributed by atoms with Gasteiger partial charge in [0.25, 0.3) is 10.1 Å². The van der Waals surface area contributed by atoms with Gasteiger partial charge in [-0.25, -0.2) is 0 Å². The van der Waals surface area contributed by atoms with Crippen molar-refractivity contribution in [2.75, 3.05) is 32.1 Å². The highest BCUT2D eigenvalue weighted by Crippen LogP contribution is 2.04. The average Bonchev–Trinajstić information content (AvgIpc) is 2.02. The van der Waals surface area contributed by atoms with Crippen LogP contribution in [0.25, 0.3) is 0 Å². The fourth-order valence-electron chi connectivity index (χ4n) is 1.11. The third kappa shape index (κ3) is 4.34. The van der Waals surface area contributed by atoms with Crippen LogP contribution in [0.4, 0.5) is 0 Å². The summed E-state index contributed by atoms with van der Waals surface area (Å²) in [6.45, 7) is 3.19. The summed E-state index contributed by atoms with van der Waals surface area (Å²) in [5, 5.41) is 10.2. The smallest absolute Gasteiger partial charge is 0.285 e. The molecular weight excluding hydrogens is 210 g/mol. The molecule has 0 aromatic rings. The summed E-state index contributed by atoms with van der Waals surface area (Å²) < 4.78 is 32.3. The van der Waals surface area contributed by atoms with Crippen molar-refractivity contribution in [2.45, 2.75) is 13.0 Å². The second-order valence-electron chi connectivity index (χ2n) is 3.19. The predicted octanol–water partition coefficient (Wildman–Crippen LogP) is -1.04. The average molecular weight is 225 g/mol. The summed E-state index contributed by atoms with van der Waals surface area (Å²) in [6, 6.07) is 0. The van der Waals surface area contributed by atoms with E-state index in [1.807, 2.05) is 0 Å². The fraction of sp³-hybridized carbons (Fsp3) is 1.00. The second kappa shape index (κ2) is 5.04. The number of rotatable bonds is 4. The Morgan fingerprint density at radius 2 is 2.07 bits per heavy atom. The Morgan fingerprint density at radius 3 is 2.57 bits per heavy atom. The molecule has 1 aliphatic rings. The zero-order valence-electron chi connectivity index (χ0n) is 8.05. The molecule has 1 rings (SSSR count).